The zero-order valence-corrected chi connectivity index (χ0v) is 12.6. The summed E-state index contributed by atoms with van der Waals surface area (Å²) in [5.41, 5.74) is 7.87. The molecule has 96 valence electrons. The molecule has 1 saturated heterocycles. The van der Waals surface area contributed by atoms with Crippen molar-refractivity contribution in [3.05, 3.63) is 28.2 Å². The fourth-order valence-corrected chi connectivity index (χ4v) is 4.10. The normalized spacial score (nSPS) is 26.4. The first kappa shape index (κ1) is 12.4. The van der Waals surface area contributed by atoms with Crippen LogP contribution in [0.1, 0.15) is 24.8 Å². The predicted octanol–water partition coefficient (Wildman–Crippen LogP) is 3.32. The van der Waals surface area contributed by atoms with Crippen LogP contribution in [0.5, 0.6) is 0 Å². The van der Waals surface area contributed by atoms with Crippen LogP contribution in [0.3, 0.4) is 0 Å². The summed E-state index contributed by atoms with van der Waals surface area (Å²) in [6.07, 6.45) is 4.23. The van der Waals surface area contributed by atoms with Crippen molar-refractivity contribution in [2.75, 3.05) is 18.0 Å². The highest BCUT2D eigenvalue weighted by Gasteiger charge is 2.36. The lowest BCUT2D eigenvalue weighted by Gasteiger charge is -2.21. The molecule has 1 saturated carbocycles. The molecule has 0 radical (unpaired) electrons. The van der Waals surface area contributed by atoms with Gasteiger partial charge in [0.15, 0.2) is 0 Å². The van der Waals surface area contributed by atoms with E-state index < -0.39 is 0 Å². The lowest BCUT2D eigenvalue weighted by atomic mass is 10.0. The number of hydrogen-bond donors (Lipinski definition) is 1. The van der Waals surface area contributed by atoms with Crippen molar-refractivity contribution in [2.45, 2.75) is 19.3 Å². The number of thiocarbonyl (C=S) groups is 1. The number of benzene rings is 1. The average Bonchev–Trinajstić information content (AvgIpc) is 2.88. The summed E-state index contributed by atoms with van der Waals surface area (Å²) in [6, 6.07) is 6.20. The molecule has 0 bridgehead atoms. The standard InChI is InChI=1S/C14H17BrN2S/c15-12-6-9(14(16)18)4-5-13(12)17-7-10-2-1-3-11(10)8-17/h4-6,10-11H,1-3,7-8H2,(H2,16,18). The number of anilines is 1. The Morgan fingerprint density at radius 2 is 1.94 bits per heavy atom. The molecule has 2 aliphatic rings. The Labute approximate surface area is 122 Å². The summed E-state index contributed by atoms with van der Waals surface area (Å²) in [4.78, 5) is 2.96. The maximum Gasteiger partial charge on any atom is 0.104 e. The SMILES string of the molecule is NC(=S)c1ccc(N2CC3CCCC3C2)c(Br)c1. The molecule has 0 amide bonds. The van der Waals surface area contributed by atoms with Crippen LogP contribution in [0, 0.1) is 11.8 Å². The first-order valence-corrected chi connectivity index (χ1v) is 7.69. The molecule has 1 aliphatic carbocycles. The van der Waals surface area contributed by atoms with Crippen LogP contribution in [0.2, 0.25) is 0 Å². The highest BCUT2D eigenvalue weighted by molar-refractivity contribution is 9.10. The minimum absolute atomic E-state index is 0.459. The fraction of sp³-hybridized carbons (Fsp3) is 0.500. The minimum atomic E-state index is 0.459. The van der Waals surface area contributed by atoms with E-state index in [9.17, 15) is 0 Å². The highest BCUT2D eigenvalue weighted by atomic mass is 79.9. The summed E-state index contributed by atoms with van der Waals surface area (Å²) in [7, 11) is 0. The van der Waals surface area contributed by atoms with Gasteiger partial charge in [-0.05, 0) is 58.8 Å². The molecular weight excluding hydrogens is 308 g/mol. The van der Waals surface area contributed by atoms with E-state index in [1.165, 1.54) is 38.0 Å². The maximum atomic E-state index is 5.66. The van der Waals surface area contributed by atoms with Crippen molar-refractivity contribution in [3.8, 4) is 0 Å². The van der Waals surface area contributed by atoms with Gasteiger partial charge in [0, 0.05) is 23.1 Å². The second-order valence-electron chi connectivity index (χ2n) is 5.39. The number of rotatable bonds is 2. The van der Waals surface area contributed by atoms with Crippen LogP contribution < -0.4 is 10.6 Å². The molecular formula is C14H17BrN2S. The summed E-state index contributed by atoms with van der Waals surface area (Å²) in [5.74, 6) is 1.82. The van der Waals surface area contributed by atoms with E-state index >= 15 is 0 Å². The van der Waals surface area contributed by atoms with E-state index in [0.29, 0.717) is 4.99 Å². The van der Waals surface area contributed by atoms with Crippen LogP contribution in [0.25, 0.3) is 0 Å². The summed E-state index contributed by atoms with van der Waals surface area (Å²) in [5, 5.41) is 0. The zero-order chi connectivity index (χ0) is 12.7. The zero-order valence-electron chi connectivity index (χ0n) is 10.2. The van der Waals surface area contributed by atoms with E-state index in [4.69, 9.17) is 18.0 Å². The topological polar surface area (TPSA) is 29.3 Å². The van der Waals surface area contributed by atoms with Gasteiger partial charge in [-0.2, -0.15) is 0 Å². The Morgan fingerprint density at radius 3 is 2.50 bits per heavy atom. The van der Waals surface area contributed by atoms with Gasteiger partial charge in [0.05, 0.1) is 5.69 Å². The quantitative estimate of drug-likeness (QED) is 0.846. The molecule has 2 nitrogen and oxygen atoms in total. The van der Waals surface area contributed by atoms with Crippen molar-refractivity contribution in [2.24, 2.45) is 17.6 Å². The molecule has 1 aliphatic heterocycles. The predicted molar refractivity (Wildman–Crippen MR) is 83.1 cm³/mol. The lowest BCUT2D eigenvalue weighted by molar-refractivity contribution is 0.494. The van der Waals surface area contributed by atoms with Gasteiger partial charge in [0.2, 0.25) is 0 Å². The fourth-order valence-electron chi connectivity index (χ4n) is 3.35. The Morgan fingerprint density at radius 1 is 1.28 bits per heavy atom. The van der Waals surface area contributed by atoms with Crippen LogP contribution in [-0.4, -0.2) is 18.1 Å². The molecule has 18 heavy (non-hydrogen) atoms. The van der Waals surface area contributed by atoms with Crippen molar-refractivity contribution < 1.29 is 0 Å². The summed E-state index contributed by atoms with van der Waals surface area (Å²) >= 11 is 8.66. The maximum absolute atomic E-state index is 5.66. The highest BCUT2D eigenvalue weighted by Crippen LogP contribution is 2.41. The molecule has 0 aromatic heterocycles. The van der Waals surface area contributed by atoms with Gasteiger partial charge >= 0.3 is 0 Å². The molecule has 1 aromatic carbocycles. The van der Waals surface area contributed by atoms with Crippen molar-refractivity contribution in [3.63, 3.8) is 0 Å². The van der Waals surface area contributed by atoms with Crippen LogP contribution in [0.4, 0.5) is 5.69 Å². The van der Waals surface area contributed by atoms with Crippen molar-refractivity contribution >= 4 is 38.8 Å². The van der Waals surface area contributed by atoms with Crippen molar-refractivity contribution in [1.82, 2.24) is 0 Å². The Hall–Kier alpha value is -0.610. The van der Waals surface area contributed by atoms with Gasteiger partial charge in [-0.3, -0.25) is 0 Å². The summed E-state index contributed by atoms with van der Waals surface area (Å²) < 4.78 is 1.10. The number of nitrogens with two attached hydrogens (primary N) is 1. The minimum Gasteiger partial charge on any atom is -0.389 e. The van der Waals surface area contributed by atoms with Gasteiger partial charge in [-0.15, -0.1) is 0 Å². The van der Waals surface area contributed by atoms with Gasteiger partial charge in [0.25, 0.3) is 0 Å². The van der Waals surface area contributed by atoms with E-state index in [-0.39, 0.29) is 0 Å². The Kier molecular flexibility index (Phi) is 3.32. The molecule has 1 heterocycles. The molecule has 2 unspecified atom stereocenters. The largest absolute Gasteiger partial charge is 0.389 e. The van der Waals surface area contributed by atoms with Crippen LogP contribution >= 0.6 is 28.1 Å². The third-order valence-electron chi connectivity index (χ3n) is 4.30. The first-order valence-electron chi connectivity index (χ1n) is 6.49. The second kappa shape index (κ2) is 4.82. The molecule has 4 heteroatoms. The summed E-state index contributed by atoms with van der Waals surface area (Å²) in [6.45, 7) is 2.41. The van der Waals surface area contributed by atoms with Gasteiger partial charge in [-0.1, -0.05) is 18.6 Å². The molecule has 3 rings (SSSR count). The number of hydrogen-bond acceptors (Lipinski definition) is 2. The van der Waals surface area contributed by atoms with Gasteiger partial charge < -0.3 is 10.6 Å². The number of nitrogens with zero attached hydrogens (tertiary/aromatic N) is 1. The molecule has 2 atom stereocenters. The molecule has 2 N–H and O–H groups in total. The number of fused-ring (bicyclic) bond motifs is 1. The van der Waals surface area contributed by atoms with E-state index in [1.54, 1.807) is 0 Å². The third kappa shape index (κ3) is 2.16. The Bertz CT molecular complexity index is 477. The van der Waals surface area contributed by atoms with Crippen LogP contribution in [0.15, 0.2) is 22.7 Å². The monoisotopic (exact) mass is 324 g/mol. The van der Waals surface area contributed by atoms with Crippen molar-refractivity contribution in [1.29, 1.82) is 0 Å². The number of halogens is 1. The molecule has 0 spiro atoms. The smallest absolute Gasteiger partial charge is 0.104 e. The third-order valence-corrected chi connectivity index (χ3v) is 5.17. The molecule has 1 aromatic rings. The van der Waals surface area contributed by atoms with Gasteiger partial charge in [0.1, 0.15) is 4.99 Å². The second-order valence-corrected chi connectivity index (χ2v) is 6.68. The van der Waals surface area contributed by atoms with Crippen LogP contribution in [-0.2, 0) is 0 Å². The van der Waals surface area contributed by atoms with E-state index in [2.05, 4.69) is 26.9 Å². The first-order chi connectivity index (χ1) is 8.65. The van der Waals surface area contributed by atoms with E-state index in [1.807, 2.05) is 12.1 Å². The van der Waals surface area contributed by atoms with Gasteiger partial charge in [-0.25, -0.2) is 0 Å². The lowest BCUT2D eigenvalue weighted by Crippen LogP contribution is -2.21. The Balaban J connectivity index is 1.83. The molecule has 2 fully saturated rings. The average molecular weight is 325 g/mol. The van der Waals surface area contributed by atoms with E-state index in [0.717, 1.165) is 21.9 Å².